The van der Waals surface area contributed by atoms with Crippen molar-refractivity contribution < 1.29 is 14.3 Å². The van der Waals surface area contributed by atoms with E-state index in [0.29, 0.717) is 19.8 Å². The molecule has 0 radical (unpaired) electrons. The van der Waals surface area contributed by atoms with Gasteiger partial charge in [-0.1, -0.05) is 56.0 Å². The average molecular weight is 304 g/mol. The van der Waals surface area contributed by atoms with Gasteiger partial charge in [0.15, 0.2) is 6.79 Å². The van der Waals surface area contributed by atoms with Crippen molar-refractivity contribution in [3.8, 4) is 0 Å². The molecule has 0 fully saturated rings. The highest BCUT2D eigenvalue weighted by atomic mass is 16.7. The summed E-state index contributed by atoms with van der Waals surface area (Å²) in [5, 5.41) is 0. The largest absolute Gasteiger partial charge is 0.475 e. The SMILES string of the molecule is O=CCCCCCCCCC=COCOCc1ccccc1. The van der Waals surface area contributed by atoms with Crippen LogP contribution in [0.3, 0.4) is 0 Å². The van der Waals surface area contributed by atoms with E-state index >= 15 is 0 Å². The van der Waals surface area contributed by atoms with Crippen LogP contribution in [-0.4, -0.2) is 13.1 Å². The lowest BCUT2D eigenvalue weighted by Gasteiger charge is -2.03. The number of ether oxygens (including phenoxy) is 2. The van der Waals surface area contributed by atoms with Crippen LogP contribution in [0.15, 0.2) is 42.7 Å². The van der Waals surface area contributed by atoms with Crippen LogP contribution in [0.5, 0.6) is 0 Å². The maximum atomic E-state index is 10.2. The monoisotopic (exact) mass is 304 g/mol. The smallest absolute Gasteiger partial charge is 0.188 e. The normalized spacial score (nSPS) is 10.9. The van der Waals surface area contributed by atoms with E-state index in [1.165, 1.54) is 32.1 Å². The van der Waals surface area contributed by atoms with Gasteiger partial charge in [0.1, 0.15) is 6.29 Å². The van der Waals surface area contributed by atoms with E-state index in [0.717, 1.165) is 24.7 Å². The molecule has 0 heterocycles. The molecule has 3 nitrogen and oxygen atoms in total. The third-order valence-electron chi connectivity index (χ3n) is 3.40. The number of carbonyl (C=O) groups is 1. The molecular formula is C19H28O3. The first-order chi connectivity index (χ1) is 10.9. The topological polar surface area (TPSA) is 35.5 Å². The minimum absolute atomic E-state index is 0.294. The maximum absolute atomic E-state index is 10.2. The Bertz CT molecular complexity index is 387. The lowest BCUT2D eigenvalue weighted by molar-refractivity contribution is -0.107. The first-order valence-electron chi connectivity index (χ1n) is 8.25. The third kappa shape index (κ3) is 11.1. The predicted molar refractivity (Wildman–Crippen MR) is 89.3 cm³/mol. The minimum atomic E-state index is 0.294. The van der Waals surface area contributed by atoms with Gasteiger partial charge in [-0.15, -0.1) is 0 Å². The minimum Gasteiger partial charge on any atom is -0.475 e. The molecule has 1 aromatic carbocycles. The van der Waals surface area contributed by atoms with Gasteiger partial charge in [0.05, 0.1) is 12.9 Å². The molecule has 0 saturated heterocycles. The number of rotatable bonds is 14. The van der Waals surface area contributed by atoms with E-state index in [1.807, 2.05) is 30.3 Å². The molecule has 0 aliphatic rings. The maximum Gasteiger partial charge on any atom is 0.188 e. The molecule has 3 heteroatoms. The Morgan fingerprint density at radius 1 is 0.864 bits per heavy atom. The van der Waals surface area contributed by atoms with Gasteiger partial charge in [0.25, 0.3) is 0 Å². The van der Waals surface area contributed by atoms with Crippen LogP contribution in [0.4, 0.5) is 0 Å². The highest BCUT2D eigenvalue weighted by Crippen LogP contribution is 2.08. The first kappa shape index (κ1) is 18.4. The molecular weight excluding hydrogens is 276 g/mol. The lowest BCUT2D eigenvalue weighted by atomic mass is 10.1. The van der Waals surface area contributed by atoms with Crippen molar-refractivity contribution in [3.05, 3.63) is 48.2 Å². The quantitative estimate of drug-likeness (QED) is 0.210. The van der Waals surface area contributed by atoms with Crippen molar-refractivity contribution in [1.82, 2.24) is 0 Å². The number of hydrogen-bond acceptors (Lipinski definition) is 3. The molecule has 122 valence electrons. The molecule has 0 saturated carbocycles. The summed E-state index contributed by atoms with van der Waals surface area (Å²) >= 11 is 0. The highest BCUT2D eigenvalue weighted by Gasteiger charge is 1.91. The van der Waals surface area contributed by atoms with Gasteiger partial charge >= 0.3 is 0 Å². The van der Waals surface area contributed by atoms with E-state index in [-0.39, 0.29) is 0 Å². The average Bonchev–Trinajstić information content (AvgIpc) is 2.56. The zero-order chi connectivity index (χ0) is 15.7. The van der Waals surface area contributed by atoms with Crippen LogP contribution in [0.25, 0.3) is 0 Å². The molecule has 0 N–H and O–H groups in total. The van der Waals surface area contributed by atoms with E-state index in [4.69, 9.17) is 9.47 Å². The van der Waals surface area contributed by atoms with Crippen molar-refractivity contribution in [1.29, 1.82) is 0 Å². The fourth-order valence-corrected chi connectivity index (χ4v) is 2.15. The van der Waals surface area contributed by atoms with Gasteiger partial charge in [-0.25, -0.2) is 0 Å². The Kier molecular flexibility index (Phi) is 12.0. The number of unbranched alkanes of at least 4 members (excludes halogenated alkanes) is 7. The van der Waals surface area contributed by atoms with Crippen molar-refractivity contribution in [2.24, 2.45) is 0 Å². The van der Waals surface area contributed by atoms with E-state index in [2.05, 4.69) is 6.08 Å². The zero-order valence-electron chi connectivity index (χ0n) is 13.4. The summed E-state index contributed by atoms with van der Waals surface area (Å²) < 4.78 is 10.7. The standard InChI is InChI=1S/C19H28O3/c20-15-11-6-4-2-1-3-5-7-12-16-21-18-22-17-19-13-9-8-10-14-19/h8-10,12-16H,1-7,11,17-18H2. The summed E-state index contributed by atoms with van der Waals surface area (Å²) in [4.78, 5) is 10.2. The molecule has 1 aromatic rings. The van der Waals surface area contributed by atoms with E-state index in [9.17, 15) is 4.79 Å². The molecule has 0 aliphatic heterocycles. The van der Waals surface area contributed by atoms with Crippen LogP contribution in [0, 0.1) is 0 Å². The highest BCUT2D eigenvalue weighted by molar-refractivity contribution is 5.48. The first-order valence-corrected chi connectivity index (χ1v) is 8.25. The van der Waals surface area contributed by atoms with Crippen molar-refractivity contribution in [2.75, 3.05) is 6.79 Å². The molecule has 0 bridgehead atoms. The van der Waals surface area contributed by atoms with E-state index < -0.39 is 0 Å². The summed E-state index contributed by atoms with van der Waals surface area (Å²) in [5.74, 6) is 0. The Hall–Kier alpha value is -1.61. The van der Waals surface area contributed by atoms with Gasteiger partial charge in [-0.3, -0.25) is 0 Å². The van der Waals surface area contributed by atoms with Gasteiger partial charge < -0.3 is 14.3 Å². The third-order valence-corrected chi connectivity index (χ3v) is 3.40. The molecule has 0 aliphatic carbocycles. The second kappa shape index (κ2) is 14.3. The second-order valence-electron chi connectivity index (χ2n) is 5.36. The summed E-state index contributed by atoms with van der Waals surface area (Å²) in [6.07, 6.45) is 13.7. The van der Waals surface area contributed by atoms with Crippen LogP contribution in [-0.2, 0) is 20.9 Å². The number of carbonyl (C=O) groups excluding carboxylic acids is 1. The van der Waals surface area contributed by atoms with E-state index in [1.54, 1.807) is 6.26 Å². The van der Waals surface area contributed by atoms with Crippen molar-refractivity contribution in [2.45, 2.75) is 58.0 Å². The summed E-state index contributed by atoms with van der Waals surface area (Å²) in [6, 6.07) is 10.1. The predicted octanol–water partition coefficient (Wildman–Crippen LogP) is 5.01. The molecule has 0 aromatic heterocycles. The van der Waals surface area contributed by atoms with Gasteiger partial charge in [-0.05, 0) is 30.9 Å². The summed E-state index contributed by atoms with van der Waals surface area (Å²) in [6.45, 7) is 0.876. The van der Waals surface area contributed by atoms with Crippen LogP contribution >= 0.6 is 0 Å². The number of hydrogen-bond donors (Lipinski definition) is 0. The summed E-state index contributed by atoms with van der Waals surface area (Å²) in [5.41, 5.74) is 1.16. The second-order valence-corrected chi connectivity index (χ2v) is 5.36. The Balaban J connectivity index is 1.81. The zero-order valence-corrected chi connectivity index (χ0v) is 13.4. The Morgan fingerprint density at radius 3 is 2.27 bits per heavy atom. The molecule has 1 rings (SSSR count). The van der Waals surface area contributed by atoms with Gasteiger partial charge in [0, 0.05) is 6.42 Å². The number of allylic oxidation sites excluding steroid dienone is 1. The molecule has 0 unspecified atom stereocenters. The molecule has 0 amide bonds. The van der Waals surface area contributed by atoms with Crippen LogP contribution in [0.2, 0.25) is 0 Å². The number of benzene rings is 1. The fourth-order valence-electron chi connectivity index (χ4n) is 2.15. The van der Waals surface area contributed by atoms with Crippen LogP contribution < -0.4 is 0 Å². The Labute approximate surface area is 134 Å². The molecule has 22 heavy (non-hydrogen) atoms. The van der Waals surface area contributed by atoms with Crippen LogP contribution in [0.1, 0.15) is 56.9 Å². The summed E-state index contributed by atoms with van der Waals surface area (Å²) in [7, 11) is 0. The molecule has 0 spiro atoms. The van der Waals surface area contributed by atoms with Crippen molar-refractivity contribution >= 4 is 6.29 Å². The van der Waals surface area contributed by atoms with Crippen molar-refractivity contribution in [3.63, 3.8) is 0 Å². The Morgan fingerprint density at radius 2 is 1.55 bits per heavy atom. The molecule has 0 atom stereocenters. The van der Waals surface area contributed by atoms with Gasteiger partial charge in [0.2, 0.25) is 0 Å². The number of aldehydes is 1. The lowest BCUT2D eigenvalue weighted by Crippen LogP contribution is -1.96. The van der Waals surface area contributed by atoms with Gasteiger partial charge in [-0.2, -0.15) is 0 Å². The fraction of sp³-hybridized carbons (Fsp3) is 0.526.